The zero-order valence-electron chi connectivity index (χ0n) is 18.4. The average molecular weight is 439 g/mol. The summed E-state index contributed by atoms with van der Waals surface area (Å²) in [4.78, 5) is 29.3. The minimum absolute atomic E-state index is 0.0562. The number of hydrogen-bond acceptors (Lipinski definition) is 6. The predicted molar refractivity (Wildman–Crippen MR) is 121 cm³/mol. The van der Waals surface area contributed by atoms with E-state index in [1.54, 1.807) is 0 Å². The van der Waals surface area contributed by atoms with Gasteiger partial charge in [0.2, 0.25) is 6.79 Å². The highest BCUT2D eigenvalue weighted by Gasteiger charge is 2.27. The molecule has 0 aliphatic carbocycles. The SMILES string of the molecule is CN1CCN([C@H](CNC(=O)C(=O)NCCc2ccccc2)c2ccc3c(c2)OCO3)CC1. The van der Waals surface area contributed by atoms with Crippen molar-refractivity contribution >= 4 is 11.8 Å². The van der Waals surface area contributed by atoms with Crippen molar-refractivity contribution < 1.29 is 19.1 Å². The summed E-state index contributed by atoms with van der Waals surface area (Å²) < 4.78 is 11.0. The Hall–Kier alpha value is -3.10. The Balaban J connectivity index is 1.35. The summed E-state index contributed by atoms with van der Waals surface area (Å²) >= 11 is 0. The highest BCUT2D eigenvalue weighted by molar-refractivity contribution is 6.35. The number of likely N-dealkylation sites (N-methyl/N-ethyl adjacent to an activating group) is 1. The third kappa shape index (κ3) is 5.57. The van der Waals surface area contributed by atoms with Crippen LogP contribution in [0, 0.1) is 0 Å². The lowest BCUT2D eigenvalue weighted by molar-refractivity contribution is -0.139. The summed E-state index contributed by atoms with van der Waals surface area (Å²) in [5.74, 6) is 0.223. The summed E-state index contributed by atoms with van der Waals surface area (Å²) in [5, 5.41) is 5.53. The van der Waals surface area contributed by atoms with Gasteiger partial charge in [0.05, 0.1) is 6.04 Å². The second-order valence-electron chi connectivity index (χ2n) is 8.17. The lowest BCUT2D eigenvalue weighted by atomic mass is 10.0. The molecule has 170 valence electrons. The molecule has 0 saturated carbocycles. The zero-order valence-corrected chi connectivity index (χ0v) is 18.4. The Bertz CT molecular complexity index is 929. The fourth-order valence-electron chi connectivity index (χ4n) is 4.03. The second kappa shape index (κ2) is 10.5. The monoisotopic (exact) mass is 438 g/mol. The molecule has 8 nitrogen and oxygen atoms in total. The molecule has 2 aliphatic heterocycles. The van der Waals surface area contributed by atoms with Crippen LogP contribution in [-0.4, -0.2) is 74.7 Å². The average Bonchev–Trinajstić information content (AvgIpc) is 3.29. The van der Waals surface area contributed by atoms with Gasteiger partial charge in [-0.2, -0.15) is 0 Å². The van der Waals surface area contributed by atoms with Crippen LogP contribution in [0.3, 0.4) is 0 Å². The normalized spacial score (nSPS) is 17.0. The number of hydrogen-bond donors (Lipinski definition) is 2. The van der Waals surface area contributed by atoms with Gasteiger partial charge in [-0.1, -0.05) is 36.4 Å². The lowest BCUT2D eigenvalue weighted by Gasteiger charge is -2.38. The van der Waals surface area contributed by atoms with Gasteiger partial charge in [-0.3, -0.25) is 14.5 Å². The van der Waals surface area contributed by atoms with Crippen LogP contribution in [-0.2, 0) is 16.0 Å². The molecular formula is C24H30N4O4. The maximum absolute atomic E-state index is 12.4. The number of fused-ring (bicyclic) bond motifs is 1. The lowest BCUT2D eigenvalue weighted by Crippen LogP contribution is -2.49. The quantitative estimate of drug-likeness (QED) is 0.632. The first-order chi connectivity index (χ1) is 15.6. The van der Waals surface area contributed by atoms with Gasteiger partial charge in [0.25, 0.3) is 0 Å². The molecular weight excluding hydrogens is 408 g/mol. The van der Waals surface area contributed by atoms with Crippen molar-refractivity contribution in [2.75, 3.05) is 53.1 Å². The molecule has 0 bridgehead atoms. The van der Waals surface area contributed by atoms with E-state index < -0.39 is 11.8 Å². The summed E-state index contributed by atoms with van der Waals surface area (Å²) in [6, 6.07) is 15.7. The van der Waals surface area contributed by atoms with Crippen molar-refractivity contribution in [3.05, 3.63) is 59.7 Å². The van der Waals surface area contributed by atoms with Crippen molar-refractivity contribution in [1.82, 2.24) is 20.4 Å². The molecule has 1 saturated heterocycles. The van der Waals surface area contributed by atoms with E-state index in [2.05, 4.69) is 27.5 Å². The molecule has 8 heteroatoms. The molecule has 2 heterocycles. The molecule has 2 aromatic rings. The Morgan fingerprint density at radius 1 is 0.938 bits per heavy atom. The Labute approximate surface area is 188 Å². The third-order valence-corrected chi connectivity index (χ3v) is 5.96. The van der Waals surface area contributed by atoms with Crippen LogP contribution < -0.4 is 20.1 Å². The van der Waals surface area contributed by atoms with Crippen LogP contribution in [0.15, 0.2) is 48.5 Å². The van der Waals surface area contributed by atoms with Crippen LogP contribution in [0.1, 0.15) is 17.2 Å². The van der Waals surface area contributed by atoms with Gasteiger partial charge in [0, 0.05) is 39.3 Å². The summed E-state index contributed by atoms with van der Waals surface area (Å²) in [5.41, 5.74) is 2.15. The largest absolute Gasteiger partial charge is 0.454 e. The van der Waals surface area contributed by atoms with Crippen molar-refractivity contribution in [3.63, 3.8) is 0 Å². The predicted octanol–water partition coefficient (Wildman–Crippen LogP) is 1.18. The highest BCUT2D eigenvalue weighted by atomic mass is 16.7. The topological polar surface area (TPSA) is 83.1 Å². The number of amides is 2. The second-order valence-corrected chi connectivity index (χ2v) is 8.17. The zero-order chi connectivity index (χ0) is 22.3. The maximum atomic E-state index is 12.4. The first-order valence-corrected chi connectivity index (χ1v) is 11.0. The molecule has 2 aliphatic rings. The first-order valence-electron chi connectivity index (χ1n) is 11.0. The fourth-order valence-corrected chi connectivity index (χ4v) is 4.03. The van der Waals surface area contributed by atoms with Crippen LogP contribution in [0.5, 0.6) is 11.5 Å². The van der Waals surface area contributed by atoms with Crippen molar-refractivity contribution in [1.29, 1.82) is 0 Å². The van der Waals surface area contributed by atoms with Gasteiger partial charge >= 0.3 is 11.8 Å². The van der Waals surface area contributed by atoms with E-state index in [1.807, 2.05) is 48.5 Å². The van der Waals surface area contributed by atoms with Crippen molar-refractivity contribution in [2.45, 2.75) is 12.5 Å². The van der Waals surface area contributed by atoms with Crippen LogP contribution in [0.2, 0.25) is 0 Å². The molecule has 32 heavy (non-hydrogen) atoms. The molecule has 0 aromatic heterocycles. The summed E-state index contributed by atoms with van der Waals surface area (Å²) in [6.45, 7) is 4.65. The molecule has 0 spiro atoms. The van der Waals surface area contributed by atoms with E-state index in [0.717, 1.165) is 43.1 Å². The van der Waals surface area contributed by atoms with E-state index in [1.165, 1.54) is 0 Å². The Morgan fingerprint density at radius 2 is 1.66 bits per heavy atom. The molecule has 4 rings (SSSR count). The van der Waals surface area contributed by atoms with Crippen molar-refractivity contribution in [2.24, 2.45) is 0 Å². The van der Waals surface area contributed by atoms with Crippen molar-refractivity contribution in [3.8, 4) is 11.5 Å². The minimum atomic E-state index is -0.613. The number of nitrogens with zero attached hydrogens (tertiary/aromatic N) is 2. The van der Waals surface area contributed by atoms with Gasteiger partial charge in [-0.25, -0.2) is 0 Å². The van der Waals surface area contributed by atoms with Gasteiger partial charge in [-0.05, 0) is 36.7 Å². The van der Waals surface area contributed by atoms with E-state index in [4.69, 9.17) is 9.47 Å². The number of rotatable bonds is 7. The van der Waals surface area contributed by atoms with Crippen LogP contribution in [0.4, 0.5) is 0 Å². The molecule has 1 fully saturated rings. The van der Waals surface area contributed by atoms with Gasteiger partial charge in [0.15, 0.2) is 11.5 Å². The number of carbonyl (C=O) groups is 2. The molecule has 2 amide bonds. The number of piperazine rings is 1. The number of benzene rings is 2. The van der Waals surface area contributed by atoms with E-state index in [0.29, 0.717) is 25.3 Å². The summed E-state index contributed by atoms with van der Waals surface area (Å²) in [6.07, 6.45) is 0.682. The number of carbonyl (C=O) groups excluding carboxylic acids is 2. The van der Waals surface area contributed by atoms with E-state index >= 15 is 0 Å². The van der Waals surface area contributed by atoms with Crippen LogP contribution in [0.25, 0.3) is 0 Å². The van der Waals surface area contributed by atoms with Gasteiger partial charge in [-0.15, -0.1) is 0 Å². The first kappa shape index (κ1) is 22.1. The number of ether oxygens (including phenoxy) is 2. The molecule has 0 radical (unpaired) electrons. The molecule has 1 atom stereocenters. The standard InChI is InChI=1S/C24H30N4O4/c1-27-11-13-28(14-12-27)20(19-7-8-21-22(15-19)32-17-31-21)16-26-24(30)23(29)25-10-9-18-5-3-2-4-6-18/h2-8,15,20H,9-14,16-17H2,1H3,(H,25,29)(H,26,30)/t20-/m1/s1. The minimum Gasteiger partial charge on any atom is -0.454 e. The van der Waals surface area contributed by atoms with Gasteiger partial charge in [0.1, 0.15) is 0 Å². The summed E-state index contributed by atoms with van der Waals surface area (Å²) in [7, 11) is 2.11. The fraction of sp³-hybridized carbons (Fsp3) is 0.417. The Kier molecular flexibility index (Phi) is 7.24. The molecule has 2 N–H and O–H groups in total. The van der Waals surface area contributed by atoms with Gasteiger partial charge < -0.3 is 25.0 Å². The molecule has 0 unspecified atom stereocenters. The van der Waals surface area contributed by atoms with E-state index in [9.17, 15) is 9.59 Å². The molecule has 2 aromatic carbocycles. The third-order valence-electron chi connectivity index (χ3n) is 5.96. The Morgan fingerprint density at radius 3 is 2.44 bits per heavy atom. The highest BCUT2D eigenvalue weighted by Crippen LogP contribution is 2.35. The maximum Gasteiger partial charge on any atom is 0.309 e. The van der Waals surface area contributed by atoms with Crippen LogP contribution >= 0.6 is 0 Å². The smallest absolute Gasteiger partial charge is 0.309 e. The van der Waals surface area contributed by atoms with E-state index in [-0.39, 0.29) is 12.8 Å². The number of nitrogens with one attached hydrogen (secondary N) is 2.